The second-order valence-electron chi connectivity index (χ2n) is 4.22. The van der Waals surface area contributed by atoms with Crippen LogP contribution in [0.1, 0.15) is 20.7 Å². The van der Waals surface area contributed by atoms with Gasteiger partial charge < -0.3 is 9.47 Å². The summed E-state index contributed by atoms with van der Waals surface area (Å²) >= 11 is 0. The Morgan fingerprint density at radius 3 is 2.10 bits per heavy atom. The molecule has 0 spiro atoms. The molecule has 5 heteroatoms. The number of benzene rings is 2. The first-order valence-electron chi connectivity index (χ1n) is 6.14. The molecule has 2 rings (SSSR count). The maximum atomic E-state index is 13.4. The lowest BCUT2D eigenvalue weighted by Gasteiger charge is -2.11. The van der Waals surface area contributed by atoms with Gasteiger partial charge in [-0.25, -0.2) is 14.0 Å². The molecule has 21 heavy (non-hydrogen) atoms. The molecule has 0 fully saturated rings. The number of rotatable bonds is 3. The molecule has 0 aliphatic carbocycles. The fourth-order valence-corrected chi connectivity index (χ4v) is 2.04. The minimum absolute atomic E-state index is 0.0499. The smallest absolute Gasteiger partial charge is 0.338 e. The molecule has 0 aromatic heterocycles. The van der Waals surface area contributed by atoms with Crippen molar-refractivity contribution in [2.45, 2.75) is 0 Å². The van der Waals surface area contributed by atoms with Crippen LogP contribution < -0.4 is 0 Å². The second-order valence-corrected chi connectivity index (χ2v) is 4.22. The Morgan fingerprint density at radius 1 is 0.857 bits per heavy atom. The minimum Gasteiger partial charge on any atom is -0.465 e. The van der Waals surface area contributed by atoms with Gasteiger partial charge in [0.2, 0.25) is 0 Å². The van der Waals surface area contributed by atoms with Crippen molar-refractivity contribution in [3.05, 3.63) is 59.4 Å². The molecule has 2 aromatic rings. The van der Waals surface area contributed by atoms with Crippen LogP contribution in [0.4, 0.5) is 4.39 Å². The molecule has 0 radical (unpaired) electrons. The van der Waals surface area contributed by atoms with E-state index in [1.165, 1.54) is 26.4 Å². The first-order chi connectivity index (χ1) is 10.1. The van der Waals surface area contributed by atoms with Crippen molar-refractivity contribution in [2.24, 2.45) is 0 Å². The zero-order valence-electron chi connectivity index (χ0n) is 11.6. The van der Waals surface area contributed by atoms with Gasteiger partial charge in [-0.15, -0.1) is 0 Å². The molecule has 0 aliphatic heterocycles. The maximum Gasteiger partial charge on any atom is 0.338 e. The van der Waals surface area contributed by atoms with Gasteiger partial charge in [-0.2, -0.15) is 0 Å². The Balaban J connectivity index is 2.68. The number of methoxy groups -OCH3 is 2. The first kappa shape index (κ1) is 14.7. The summed E-state index contributed by atoms with van der Waals surface area (Å²) in [4.78, 5) is 23.6. The quantitative estimate of drug-likeness (QED) is 0.814. The van der Waals surface area contributed by atoms with E-state index in [1.807, 2.05) is 0 Å². The van der Waals surface area contributed by atoms with Gasteiger partial charge in [-0.3, -0.25) is 0 Å². The molecular weight excluding hydrogens is 275 g/mol. The Bertz CT molecular complexity index is 694. The molecular formula is C16H13FO4. The molecule has 0 N–H and O–H groups in total. The Kier molecular flexibility index (Phi) is 4.33. The molecule has 108 valence electrons. The number of hydrogen-bond donors (Lipinski definition) is 0. The van der Waals surface area contributed by atoms with E-state index >= 15 is 0 Å². The fraction of sp³-hybridized carbons (Fsp3) is 0.125. The largest absolute Gasteiger partial charge is 0.465 e. The number of esters is 2. The van der Waals surface area contributed by atoms with Gasteiger partial charge in [0.1, 0.15) is 5.82 Å². The average Bonchev–Trinajstić information content (AvgIpc) is 2.53. The number of ether oxygens (including phenoxy) is 2. The van der Waals surface area contributed by atoms with Crippen LogP contribution in [0.2, 0.25) is 0 Å². The highest BCUT2D eigenvalue weighted by Gasteiger charge is 2.19. The van der Waals surface area contributed by atoms with Crippen LogP contribution in [0.15, 0.2) is 42.5 Å². The van der Waals surface area contributed by atoms with Crippen molar-refractivity contribution in [3.8, 4) is 11.1 Å². The Labute approximate surface area is 121 Å². The topological polar surface area (TPSA) is 52.6 Å². The zero-order chi connectivity index (χ0) is 15.4. The molecule has 0 amide bonds. The summed E-state index contributed by atoms with van der Waals surface area (Å²) in [5.74, 6) is -1.77. The van der Waals surface area contributed by atoms with E-state index in [9.17, 15) is 14.0 Å². The van der Waals surface area contributed by atoms with Crippen molar-refractivity contribution < 1.29 is 23.5 Å². The van der Waals surface area contributed by atoms with Gasteiger partial charge in [-0.05, 0) is 29.3 Å². The summed E-state index contributed by atoms with van der Waals surface area (Å²) in [6.45, 7) is 0. The van der Waals surface area contributed by atoms with E-state index in [2.05, 4.69) is 4.74 Å². The molecule has 0 saturated heterocycles. The van der Waals surface area contributed by atoms with Crippen molar-refractivity contribution in [2.75, 3.05) is 14.2 Å². The third-order valence-electron chi connectivity index (χ3n) is 3.01. The summed E-state index contributed by atoms with van der Waals surface area (Å²) in [5.41, 5.74) is 1.22. The third kappa shape index (κ3) is 2.91. The van der Waals surface area contributed by atoms with Crippen molar-refractivity contribution in [3.63, 3.8) is 0 Å². The van der Waals surface area contributed by atoms with Crippen LogP contribution in [0, 0.1) is 5.82 Å². The molecule has 4 nitrogen and oxygen atoms in total. The summed E-state index contributed by atoms with van der Waals surface area (Å²) in [7, 11) is 2.48. The highest BCUT2D eigenvalue weighted by atomic mass is 19.1. The lowest BCUT2D eigenvalue weighted by atomic mass is 9.95. The normalized spacial score (nSPS) is 10.0. The van der Waals surface area contributed by atoms with Crippen LogP contribution in [-0.2, 0) is 9.47 Å². The highest BCUT2D eigenvalue weighted by Crippen LogP contribution is 2.28. The molecule has 0 unspecified atom stereocenters. The van der Waals surface area contributed by atoms with Crippen molar-refractivity contribution in [1.82, 2.24) is 0 Å². The lowest BCUT2D eigenvalue weighted by Crippen LogP contribution is -2.08. The molecule has 0 bridgehead atoms. The number of carbonyl (C=O) groups is 2. The lowest BCUT2D eigenvalue weighted by molar-refractivity contribution is 0.0590. The van der Waals surface area contributed by atoms with E-state index in [1.54, 1.807) is 24.3 Å². The Morgan fingerprint density at radius 2 is 1.43 bits per heavy atom. The van der Waals surface area contributed by atoms with Gasteiger partial charge in [0.15, 0.2) is 0 Å². The SMILES string of the molecule is COC(=O)c1ccccc1-c1ccc(F)cc1C(=O)OC. The van der Waals surface area contributed by atoms with Crippen LogP contribution in [0.3, 0.4) is 0 Å². The van der Waals surface area contributed by atoms with E-state index in [4.69, 9.17) is 4.74 Å². The van der Waals surface area contributed by atoms with Crippen molar-refractivity contribution in [1.29, 1.82) is 0 Å². The van der Waals surface area contributed by atoms with E-state index in [0.29, 0.717) is 11.1 Å². The van der Waals surface area contributed by atoms with Gasteiger partial charge in [0.05, 0.1) is 25.3 Å². The van der Waals surface area contributed by atoms with Crippen LogP contribution >= 0.6 is 0 Å². The van der Waals surface area contributed by atoms with Crippen molar-refractivity contribution >= 4 is 11.9 Å². The molecule has 0 aliphatic rings. The van der Waals surface area contributed by atoms with Gasteiger partial charge >= 0.3 is 11.9 Å². The standard InChI is InChI=1S/C16H13FO4/c1-20-15(18)13-6-4-3-5-11(13)12-8-7-10(17)9-14(12)16(19)21-2/h3-9H,1-2H3. The predicted molar refractivity (Wildman–Crippen MR) is 74.5 cm³/mol. The van der Waals surface area contributed by atoms with E-state index < -0.39 is 17.8 Å². The summed E-state index contributed by atoms with van der Waals surface area (Å²) in [5, 5.41) is 0. The molecule has 0 heterocycles. The third-order valence-corrected chi connectivity index (χ3v) is 3.01. The second kappa shape index (κ2) is 6.17. The zero-order valence-corrected chi connectivity index (χ0v) is 11.6. The highest BCUT2D eigenvalue weighted by molar-refractivity contribution is 6.03. The minimum atomic E-state index is -0.677. The first-order valence-corrected chi connectivity index (χ1v) is 6.14. The van der Waals surface area contributed by atoms with Crippen LogP contribution in [-0.4, -0.2) is 26.2 Å². The fourth-order valence-electron chi connectivity index (χ4n) is 2.04. The number of hydrogen-bond acceptors (Lipinski definition) is 4. The summed E-state index contributed by atoms with van der Waals surface area (Å²) in [6, 6.07) is 10.4. The van der Waals surface area contributed by atoms with Gasteiger partial charge in [0, 0.05) is 0 Å². The van der Waals surface area contributed by atoms with E-state index in [-0.39, 0.29) is 11.1 Å². The van der Waals surface area contributed by atoms with Crippen LogP contribution in [0.25, 0.3) is 11.1 Å². The number of halogens is 1. The van der Waals surface area contributed by atoms with Crippen LogP contribution in [0.5, 0.6) is 0 Å². The molecule has 0 saturated carbocycles. The Hall–Kier alpha value is -2.69. The molecule has 0 atom stereocenters. The van der Waals surface area contributed by atoms with E-state index in [0.717, 1.165) is 6.07 Å². The monoisotopic (exact) mass is 288 g/mol. The maximum absolute atomic E-state index is 13.4. The predicted octanol–water partition coefficient (Wildman–Crippen LogP) is 3.07. The number of carbonyl (C=O) groups excluding carboxylic acids is 2. The van der Waals surface area contributed by atoms with Gasteiger partial charge in [0.25, 0.3) is 0 Å². The molecule has 2 aromatic carbocycles. The average molecular weight is 288 g/mol. The summed E-state index contributed by atoms with van der Waals surface area (Å²) in [6.07, 6.45) is 0. The summed E-state index contributed by atoms with van der Waals surface area (Å²) < 4.78 is 22.8. The van der Waals surface area contributed by atoms with Gasteiger partial charge in [-0.1, -0.05) is 24.3 Å².